The molecule has 96 valence electrons. The second-order valence-electron chi connectivity index (χ2n) is 5.53. The second kappa shape index (κ2) is 7.37. The highest BCUT2D eigenvalue weighted by molar-refractivity contribution is 5.20. The van der Waals surface area contributed by atoms with Crippen LogP contribution in [-0.4, -0.2) is 6.61 Å². The number of para-hydroxylation sites is 1. The predicted molar refractivity (Wildman–Crippen MR) is 74.5 cm³/mol. The molecule has 0 saturated heterocycles. The van der Waals surface area contributed by atoms with Crippen molar-refractivity contribution >= 4 is 0 Å². The maximum atomic E-state index is 5.75. The van der Waals surface area contributed by atoms with Gasteiger partial charge in [-0.3, -0.25) is 0 Å². The van der Waals surface area contributed by atoms with Gasteiger partial charge in [0.1, 0.15) is 5.75 Å². The molecule has 0 aliphatic heterocycles. The average Bonchev–Trinajstić information content (AvgIpc) is 2.30. The van der Waals surface area contributed by atoms with E-state index in [1.807, 2.05) is 30.3 Å². The Morgan fingerprint density at radius 2 is 1.71 bits per heavy atom. The summed E-state index contributed by atoms with van der Waals surface area (Å²) < 4.78 is 5.75. The molecular formula is C16H26O. The Hall–Kier alpha value is -0.980. The molecule has 1 nitrogen and oxygen atoms in total. The highest BCUT2D eigenvalue weighted by atomic mass is 16.5. The van der Waals surface area contributed by atoms with E-state index in [-0.39, 0.29) is 0 Å². The Morgan fingerprint density at radius 1 is 1.00 bits per heavy atom. The van der Waals surface area contributed by atoms with Crippen molar-refractivity contribution in [3.63, 3.8) is 0 Å². The molecule has 0 amide bonds. The first-order valence-electron chi connectivity index (χ1n) is 6.82. The Kier molecular flexibility index (Phi) is 6.10. The third-order valence-electron chi connectivity index (χ3n) is 3.25. The number of rotatable bonds is 8. The van der Waals surface area contributed by atoms with Gasteiger partial charge >= 0.3 is 0 Å². The number of ether oxygens (including phenoxy) is 1. The summed E-state index contributed by atoms with van der Waals surface area (Å²) in [5.41, 5.74) is 0.407. The predicted octanol–water partition coefficient (Wildman–Crippen LogP) is 5.06. The highest BCUT2D eigenvalue weighted by Gasteiger charge is 2.17. The quantitative estimate of drug-likeness (QED) is 0.571. The molecular weight excluding hydrogens is 208 g/mol. The molecule has 1 aromatic rings. The molecule has 0 aliphatic carbocycles. The van der Waals surface area contributed by atoms with Crippen LogP contribution in [0.5, 0.6) is 5.75 Å². The Balaban J connectivity index is 2.20. The van der Waals surface area contributed by atoms with Crippen LogP contribution in [0.1, 0.15) is 52.9 Å². The van der Waals surface area contributed by atoms with Crippen LogP contribution >= 0.6 is 0 Å². The Labute approximate surface area is 106 Å². The molecule has 0 atom stereocenters. The van der Waals surface area contributed by atoms with E-state index in [4.69, 9.17) is 4.74 Å². The maximum absolute atomic E-state index is 5.75. The van der Waals surface area contributed by atoms with Crippen LogP contribution < -0.4 is 4.74 Å². The van der Waals surface area contributed by atoms with Crippen LogP contribution in [-0.2, 0) is 0 Å². The van der Waals surface area contributed by atoms with E-state index >= 15 is 0 Å². The molecule has 17 heavy (non-hydrogen) atoms. The van der Waals surface area contributed by atoms with Gasteiger partial charge in [-0.05, 0) is 30.4 Å². The smallest absolute Gasteiger partial charge is 0.119 e. The maximum Gasteiger partial charge on any atom is 0.119 e. The van der Waals surface area contributed by atoms with Crippen molar-refractivity contribution in [2.24, 2.45) is 5.41 Å². The van der Waals surface area contributed by atoms with Gasteiger partial charge in [-0.2, -0.15) is 0 Å². The van der Waals surface area contributed by atoms with E-state index in [2.05, 4.69) is 20.8 Å². The number of hydrogen-bond acceptors (Lipinski definition) is 1. The van der Waals surface area contributed by atoms with Crippen LogP contribution in [0.3, 0.4) is 0 Å². The molecule has 0 bridgehead atoms. The van der Waals surface area contributed by atoms with Crippen molar-refractivity contribution in [3.8, 4) is 5.75 Å². The Morgan fingerprint density at radius 3 is 2.35 bits per heavy atom. The second-order valence-corrected chi connectivity index (χ2v) is 5.53. The molecule has 0 saturated carbocycles. The van der Waals surface area contributed by atoms with Crippen LogP contribution in [0, 0.1) is 5.41 Å². The molecule has 1 heteroatoms. The monoisotopic (exact) mass is 234 g/mol. The zero-order chi connectivity index (χ0) is 12.6. The van der Waals surface area contributed by atoms with Crippen LogP contribution in [0.15, 0.2) is 30.3 Å². The molecule has 0 aliphatic rings. The van der Waals surface area contributed by atoms with Crippen LogP contribution in [0.25, 0.3) is 0 Å². The van der Waals surface area contributed by atoms with Crippen molar-refractivity contribution < 1.29 is 4.74 Å². The largest absolute Gasteiger partial charge is 0.494 e. The first-order valence-corrected chi connectivity index (χ1v) is 6.82. The summed E-state index contributed by atoms with van der Waals surface area (Å²) >= 11 is 0. The van der Waals surface area contributed by atoms with E-state index in [9.17, 15) is 0 Å². The summed E-state index contributed by atoms with van der Waals surface area (Å²) in [6.07, 6.45) is 6.43. The summed E-state index contributed by atoms with van der Waals surface area (Å²) in [4.78, 5) is 0. The summed E-state index contributed by atoms with van der Waals surface area (Å²) in [7, 11) is 0. The summed E-state index contributed by atoms with van der Waals surface area (Å²) in [6.45, 7) is 7.77. The lowest BCUT2D eigenvalue weighted by atomic mass is 9.84. The zero-order valence-corrected chi connectivity index (χ0v) is 11.5. The molecule has 0 fully saturated rings. The highest BCUT2D eigenvalue weighted by Crippen LogP contribution is 2.28. The van der Waals surface area contributed by atoms with Crippen molar-refractivity contribution in [1.29, 1.82) is 0 Å². The fraction of sp³-hybridized carbons (Fsp3) is 0.625. The van der Waals surface area contributed by atoms with E-state index in [1.165, 1.54) is 25.7 Å². The lowest BCUT2D eigenvalue weighted by Gasteiger charge is -2.24. The van der Waals surface area contributed by atoms with Gasteiger partial charge in [0.25, 0.3) is 0 Å². The van der Waals surface area contributed by atoms with E-state index in [0.717, 1.165) is 18.8 Å². The first-order chi connectivity index (χ1) is 8.14. The summed E-state index contributed by atoms with van der Waals surface area (Å²) in [6, 6.07) is 10.1. The number of benzene rings is 1. The van der Waals surface area contributed by atoms with Gasteiger partial charge in [0.2, 0.25) is 0 Å². The third-order valence-corrected chi connectivity index (χ3v) is 3.25. The average molecular weight is 234 g/mol. The van der Waals surface area contributed by atoms with Crippen molar-refractivity contribution in [3.05, 3.63) is 30.3 Å². The molecule has 0 radical (unpaired) electrons. The standard InChI is InChI=1S/C16H26O/c1-4-5-9-12-16(2,3)13-14-17-15-10-7-6-8-11-15/h6-8,10-11H,4-5,9,12-14H2,1-3H3. The molecule has 0 heterocycles. The summed E-state index contributed by atoms with van der Waals surface area (Å²) in [5.74, 6) is 0.983. The first kappa shape index (κ1) is 14.1. The van der Waals surface area contributed by atoms with Gasteiger partial charge in [0.15, 0.2) is 0 Å². The van der Waals surface area contributed by atoms with E-state index in [0.29, 0.717) is 5.41 Å². The third kappa shape index (κ3) is 6.35. The van der Waals surface area contributed by atoms with Crippen molar-refractivity contribution in [2.75, 3.05) is 6.61 Å². The topological polar surface area (TPSA) is 9.23 Å². The zero-order valence-electron chi connectivity index (χ0n) is 11.5. The summed E-state index contributed by atoms with van der Waals surface area (Å²) in [5, 5.41) is 0. The van der Waals surface area contributed by atoms with Gasteiger partial charge in [0.05, 0.1) is 6.61 Å². The minimum Gasteiger partial charge on any atom is -0.494 e. The van der Waals surface area contributed by atoms with Gasteiger partial charge in [-0.25, -0.2) is 0 Å². The van der Waals surface area contributed by atoms with Crippen LogP contribution in [0.2, 0.25) is 0 Å². The number of unbranched alkanes of at least 4 members (excludes halogenated alkanes) is 2. The number of hydrogen-bond donors (Lipinski definition) is 0. The minimum absolute atomic E-state index is 0.407. The van der Waals surface area contributed by atoms with E-state index in [1.54, 1.807) is 0 Å². The molecule has 0 aromatic heterocycles. The molecule has 1 aromatic carbocycles. The fourth-order valence-corrected chi connectivity index (χ4v) is 1.94. The lowest BCUT2D eigenvalue weighted by Crippen LogP contribution is -2.15. The van der Waals surface area contributed by atoms with Gasteiger partial charge in [-0.15, -0.1) is 0 Å². The van der Waals surface area contributed by atoms with E-state index < -0.39 is 0 Å². The van der Waals surface area contributed by atoms with Crippen molar-refractivity contribution in [1.82, 2.24) is 0 Å². The van der Waals surface area contributed by atoms with Gasteiger partial charge in [-0.1, -0.05) is 58.2 Å². The molecule has 0 unspecified atom stereocenters. The normalized spacial score (nSPS) is 11.5. The van der Waals surface area contributed by atoms with Gasteiger partial charge in [0, 0.05) is 0 Å². The SMILES string of the molecule is CCCCCC(C)(C)CCOc1ccccc1. The fourth-order valence-electron chi connectivity index (χ4n) is 1.94. The molecule has 0 N–H and O–H groups in total. The van der Waals surface area contributed by atoms with Crippen LogP contribution in [0.4, 0.5) is 0 Å². The molecule has 0 spiro atoms. The van der Waals surface area contributed by atoms with Crippen molar-refractivity contribution in [2.45, 2.75) is 52.9 Å². The van der Waals surface area contributed by atoms with Gasteiger partial charge < -0.3 is 4.74 Å². The molecule has 1 rings (SSSR count). The Bertz CT molecular complexity index is 290. The minimum atomic E-state index is 0.407. The lowest BCUT2D eigenvalue weighted by molar-refractivity contribution is 0.213.